The number of hydrogen-bond acceptors (Lipinski definition) is 7. The molecule has 0 saturated heterocycles. The maximum Gasteiger partial charge on any atom is 0.332 e. The van der Waals surface area contributed by atoms with Crippen LogP contribution in [0, 0.1) is 0 Å². The van der Waals surface area contributed by atoms with Gasteiger partial charge >= 0.3 is 5.69 Å². The molecule has 0 aliphatic heterocycles. The summed E-state index contributed by atoms with van der Waals surface area (Å²) in [5.74, 6) is -0.788. The number of nitrogens with two attached hydrogens (primary N) is 1. The molecule has 3 heterocycles. The minimum Gasteiger partial charge on any atom is -0.464 e. The molecule has 3 N–H and O–H groups in total. The molecule has 0 aliphatic carbocycles. The Bertz CT molecular complexity index is 1510. The highest BCUT2D eigenvalue weighted by Gasteiger charge is 2.27. The zero-order valence-corrected chi connectivity index (χ0v) is 17.5. The van der Waals surface area contributed by atoms with Crippen molar-refractivity contribution < 1.29 is 14.0 Å². The lowest BCUT2D eigenvalue weighted by Crippen LogP contribution is -2.38. The van der Waals surface area contributed by atoms with Gasteiger partial charge in [-0.25, -0.2) is 9.78 Å². The standard InChI is InChI=1S/C22H19N5O5/c1-11(28)12-6-4-7-13(10-12)24-20(29)16-15(14-8-5-9-32-14)17-19(25-18(16)23)26(2)22(31)27(3)21(17)30/h4-10H,1-3H3,(H2,23,25)(H,24,29). The fourth-order valence-electron chi connectivity index (χ4n) is 3.51. The molecule has 0 saturated carbocycles. The molecule has 10 heteroatoms. The SMILES string of the molecule is CC(=O)c1cccc(NC(=O)c2c(N)nc3c(c2-c2ccco2)c(=O)n(C)c(=O)n3C)c1. The van der Waals surface area contributed by atoms with Gasteiger partial charge in [-0.15, -0.1) is 0 Å². The highest BCUT2D eigenvalue weighted by molar-refractivity contribution is 6.16. The number of nitrogen functional groups attached to an aromatic ring is 1. The number of ketones is 1. The van der Waals surface area contributed by atoms with Crippen molar-refractivity contribution in [2.75, 3.05) is 11.1 Å². The van der Waals surface area contributed by atoms with Crippen LogP contribution in [-0.4, -0.2) is 25.8 Å². The van der Waals surface area contributed by atoms with Crippen molar-refractivity contribution in [2.24, 2.45) is 14.1 Å². The molecule has 0 bridgehead atoms. The van der Waals surface area contributed by atoms with Crippen molar-refractivity contribution >= 4 is 34.2 Å². The lowest BCUT2D eigenvalue weighted by Gasteiger charge is -2.15. The van der Waals surface area contributed by atoms with Crippen LogP contribution >= 0.6 is 0 Å². The smallest absolute Gasteiger partial charge is 0.332 e. The molecule has 10 nitrogen and oxygen atoms in total. The first-order chi connectivity index (χ1) is 15.2. The molecular weight excluding hydrogens is 414 g/mol. The molecule has 1 amide bonds. The Morgan fingerprint density at radius 3 is 2.50 bits per heavy atom. The fourth-order valence-corrected chi connectivity index (χ4v) is 3.51. The van der Waals surface area contributed by atoms with Gasteiger partial charge in [0, 0.05) is 25.3 Å². The summed E-state index contributed by atoms with van der Waals surface area (Å²) in [7, 11) is 2.79. The highest BCUT2D eigenvalue weighted by Crippen LogP contribution is 2.33. The van der Waals surface area contributed by atoms with Gasteiger partial charge in [-0.05, 0) is 31.2 Å². The summed E-state index contributed by atoms with van der Waals surface area (Å²) in [6.45, 7) is 1.42. The average molecular weight is 433 g/mol. The van der Waals surface area contributed by atoms with Gasteiger partial charge in [0.25, 0.3) is 11.5 Å². The Morgan fingerprint density at radius 1 is 1.09 bits per heavy atom. The highest BCUT2D eigenvalue weighted by atomic mass is 16.3. The Hall–Kier alpha value is -4.47. The Morgan fingerprint density at radius 2 is 1.84 bits per heavy atom. The molecule has 0 unspecified atom stereocenters. The number of nitrogens with zero attached hydrogens (tertiary/aromatic N) is 3. The third-order valence-corrected chi connectivity index (χ3v) is 5.14. The summed E-state index contributed by atoms with van der Waals surface area (Å²) in [5.41, 5.74) is 5.75. The van der Waals surface area contributed by atoms with E-state index in [-0.39, 0.29) is 39.5 Å². The zero-order valence-electron chi connectivity index (χ0n) is 17.5. The summed E-state index contributed by atoms with van der Waals surface area (Å²) in [6, 6.07) is 9.58. The third kappa shape index (κ3) is 3.27. The van der Waals surface area contributed by atoms with Crippen LogP contribution in [0.5, 0.6) is 0 Å². The van der Waals surface area contributed by atoms with Gasteiger partial charge in [0.1, 0.15) is 11.6 Å². The van der Waals surface area contributed by atoms with Gasteiger partial charge < -0.3 is 15.5 Å². The van der Waals surface area contributed by atoms with Crippen LogP contribution in [0.15, 0.2) is 56.7 Å². The summed E-state index contributed by atoms with van der Waals surface area (Å²) in [5, 5.41) is 2.71. The van der Waals surface area contributed by atoms with Crippen molar-refractivity contribution in [1.82, 2.24) is 14.1 Å². The number of carbonyl (C=O) groups excluding carboxylic acids is 2. The first-order valence-corrected chi connectivity index (χ1v) is 9.56. The van der Waals surface area contributed by atoms with Crippen LogP contribution in [0.2, 0.25) is 0 Å². The Kier molecular flexibility index (Phi) is 4.97. The molecule has 3 aromatic heterocycles. The number of benzene rings is 1. The molecule has 162 valence electrons. The molecule has 32 heavy (non-hydrogen) atoms. The second-order valence-electron chi connectivity index (χ2n) is 7.22. The quantitative estimate of drug-likeness (QED) is 0.468. The number of rotatable bonds is 4. The van der Waals surface area contributed by atoms with E-state index in [1.165, 1.54) is 37.9 Å². The van der Waals surface area contributed by atoms with E-state index in [9.17, 15) is 19.2 Å². The number of carbonyl (C=O) groups is 2. The second-order valence-corrected chi connectivity index (χ2v) is 7.22. The summed E-state index contributed by atoms with van der Waals surface area (Å²) < 4.78 is 7.60. The van der Waals surface area contributed by atoms with Crippen LogP contribution in [0.25, 0.3) is 22.4 Å². The lowest BCUT2D eigenvalue weighted by molar-refractivity contribution is 0.101. The first kappa shape index (κ1) is 20.8. The molecule has 4 aromatic rings. The number of Topliss-reactive ketones (excluding diaryl/α,β-unsaturated/α-hetero) is 1. The molecule has 0 radical (unpaired) electrons. The number of pyridine rings is 1. The topological polar surface area (TPSA) is 142 Å². The lowest BCUT2D eigenvalue weighted by atomic mass is 10.0. The van der Waals surface area contributed by atoms with Gasteiger partial charge in [0.05, 0.1) is 22.8 Å². The minimum atomic E-state index is -0.653. The van der Waals surface area contributed by atoms with E-state index < -0.39 is 17.2 Å². The van der Waals surface area contributed by atoms with Crippen LogP contribution in [0.1, 0.15) is 27.6 Å². The van der Waals surface area contributed by atoms with E-state index in [1.807, 2.05) is 0 Å². The number of aryl methyl sites for hydroxylation is 1. The maximum atomic E-state index is 13.3. The van der Waals surface area contributed by atoms with E-state index in [0.717, 1.165) is 4.57 Å². The second kappa shape index (κ2) is 7.65. The molecule has 0 atom stereocenters. The van der Waals surface area contributed by atoms with Crippen molar-refractivity contribution in [3.63, 3.8) is 0 Å². The number of fused-ring (bicyclic) bond motifs is 1. The number of aromatic nitrogens is 3. The van der Waals surface area contributed by atoms with Gasteiger partial charge in [0.15, 0.2) is 11.4 Å². The first-order valence-electron chi connectivity index (χ1n) is 9.56. The van der Waals surface area contributed by atoms with Gasteiger partial charge in [-0.1, -0.05) is 12.1 Å². The fraction of sp³-hybridized carbons (Fsp3) is 0.136. The summed E-state index contributed by atoms with van der Waals surface area (Å²) >= 11 is 0. The summed E-state index contributed by atoms with van der Waals surface area (Å²) in [6.07, 6.45) is 1.39. The van der Waals surface area contributed by atoms with Gasteiger partial charge in [-0.2, -0.15) is 0 Å². The number of amides is 1. The van der Waals surface area contributed by atoms with E-state index >= 15 is 0 Å². The number of nitrogens with one attached hydrogen (secondary N) is 1. The monoisotopic (exact) mass is 433 g/mol. The minimum absolute atomic E-state index is 0.0152. The van der Waals surface area contributed by atoms with E-state index in [2.05, 4.69) is 10.3 Å². The molecule has 1 aromatic carbocycles. The van der Waals surface area contributed by atoms with Crippen LogP contribution < -0.4 is 22.3 Å². The van der Waals surface area contributed by atoms with Crippen molar-refractivity contribution in [1.29, 1.82) is 0 Å². The molecule has 0 spiro atoms. The largest absolute Gasteiger partial charge is 0.464 e. The molecule has 0 aliphatic rings. The number of furan rings is 1. The van der Waals surface area contributed by atoms with E-state index in [1.54, 1.807) is 30.3 Å². The molecule has 4 rings (SSSR count). The zero-order chi connectivity index (χ0) is 23.2. The molecular formula is C22H19N5O5. The van der Waals surface area contributed by atoms with Crippen molar-refractivity contribution in [3.05, 3.63) is 74.6 Å². The third-order valence-electron chi connectivity index (χ3n) is 5.14. The van der Waals surface area contributed by atoms with Gasteiger partial charge in [-0.3, -0.25) is 23.5 Å². The van der Waals surface area contributed by atoms with E-state index in [4.69, 9.17) is 10.2 Å². The summed E-state index contributed by atoms with van der Waals surface area (Å²) in [4.78, 5) is 54.6. The van der Waals surface area contributed by atoms with Gasteiger partial charge in [0.2, 0.25) is 0 Å². The van der Waals surface area contributed by atoms with Crippen molar-refractivity contribution in [3.8, 4) is 11.3 Å². The number of anilines is 2. The maximum absolute atomic E-state index is 13.3. The van der Waals surface area contributed by atoms with Crippen molar-refractivity contribution in [2.45, 2.75) is 6.92 Å². The molecule has 0 fully saturated rings. The predicted molar refractivity (Wildman–Crippen MR) is 119 cm³/mol. The predicted octanol–water partition coefficient (Wildman–Crippen LogP) is 1.93. The Balaban J connectivity index is 2.00. The average Bonchev–Trinajstić information content (AvgIpc) is 3.30. The number of hydrogen-bond donors (Lipinski definition) is 2. The van der Waals surface area contributed by atoms with E-state index in [0.29, 0.717) is 11.3 Å². The van der Waals surface area contributed by atoms with Crippen LogP contribution in [-0.2, 0) is 14.1 Å². The Labute approximate surface area is 180 Å². The van der Waals surface area contributed by atoms with Crippen LogP contribution in [0.4, 0.5) is 11.5 Å². The normalized spacial score (nSPS) is 11.0. The van der Waals surface area contributed by atoms with Crippen LogP contribution in [0.3, 0.4) is 0 Å².